The molecule has 17 heavy (non-hydrogen) atoms. The SMILES string of the molecule is CCCC(C)(CC)Nc1cc(C(=O)O)n(C)n1. The minimum atomic E-state index is -0.957. The number of aromatic nitrogens is 2. The first kappa shape index (κ1) is 13.5. The van der Waals surface area contributed by atoms with Gasteiger partial charge in [-0.25, -0.2) is 4.79 Å². The highest BCUT2D eigenvalue weighted by atomic mass is 16.4. The minimum absolute atomic E-state index is 0.0289. The zero-order valence-electron chi connectivity index (χ0n) is 10.9. The van der Waals surface area contributed by atoms with E-state index in [1.807, 2.05) is 0 Å². The summed E-state index contributed by atoms with van der Waals surface area (Å²) in [5, 5.41) is 16.4. The van der Waals surface area contributed by atoms with E-state index in [9.17, 15) is 4.79 Å². The van der Waals surface area contributed by atoms with Crippen LogP contribution in [0.3, 0.4) is 0 Å². The third-order valence-electron chi connectivity index (χ3n) is 3.11. The number of carbonyl (C=O) groups is 1. The van der Waals surface area contributed by atoms with Gasteiger partial charge in [-0.05, 0) is 19.8 Å². The van der Waals surface area contributed by atoms with Gasteiger partial charge in [-0.2, -0.15) is 5.10 Å². The zero-order valence-corrected chi connectivity index (χ0v) is 10.9. The summed E-state index contributed by atoms with van der Waals surface area (Å²) in [4.78, 5) is 10.9. The fourth-order valence-electron chi connectivity index (χ4n) is 1.92. The Hall–Kier alpha value is -1.52. The van der Waals surface area contributed by atoms with Gasteiger partial charge in [0.05, 0.1) is 0 Å². The van der Waals surface area contributed by atoms with E-state index in [-0.39, 0.29) is 11.2 Å². The average molecular weight is 239 g/mol. The van der Waals surface area contributed by atoms with Crippen LogP contribution in [0.2, 0.25) is 0 Å². The van der Waals surface area contributed by atoms with Crippen molar-refractivity contribution in [2.24, 2.45) is 7.05 Å². The Morgan fingerprint density at radius 2 is 2.24 bits per heavy atom. The molecule has 0 aliphatic carbocycles. The number of hydrogen-bond acceptors (Lipinski definition) is 3. The molecule has 1 atom stereocenters. The summed E-state index contributed by atoms with van der Waals surface area (Å²) in [6.07, 6.45) is 3.08. The molecule has 0 aliphatic heterocycles. The molecular weight excluding hydrogens is 218 g/mol. The van der Waals surface area contributed by atoms with Crippen molar-refractivity contribution in [2.45, 2.75) is 45.6 Å². The smallest absolute Gasteiger partial charge is 0.354 e. The maximum absolute atomic E-state index is 10.9. The molecule has 5 heteroatoms. The van der Waals surface area contributed by atoms with Crippen LogP contribution in [0, 0.1) is 0 Å². The number of nitrogens with one attached hydrogen (secondary N) is 1. The molecule has 1 aromatic rings. The Morgan fingerprint density at radius 1 is 1.59 bits per heavy atom. The molecule has 5 nitrogen and oxygen atoms in total. The summed E-state index contributed by atoms with van der Waals surface area (Å²) < 4.78 is 1.38. The van der Waals surface area contributed by atoms with Gasteiger partial charge in [0.15, 0.2) is 0 Å². The third kappa shape index (κ3) is 3.22. The molecule has 0 spiro atoms. The molecular formula is C12H21N3O2. The van der Waals surface area contributed by atoms with Crippen LogP contribution >= 0.6 is 0 Å². The second kappa shape index (κ2) is 5.21. The van der Waals surface area contributed by atoms with Crippen molar-refractivity contribution < 1.29 is 9.90 Å². The lowest BCUT2D eigenvalue weighted by Crippen LogP contribution is -2.33. The Labute approximate surface area is 102 Å². The highest BCUT2D eigenvalue weighted by Gasteiger charge is 2.22. The quantitative estimate of drug-likeness (QED) is 0.800. The average Bonchev–Trinajstić information content (AvgIpc) is 2.59. The molecule has 0 fully saturated rings. The highest BCUT2D eigenvalue weighted by Crippen LogP contribution is 2.22. The number of anilines is 1. The molecule has 0 aromatic carbocycles. The summed E-state index contributed by atoms with van der Waals surface area (Å²) >= 11 is 0. The van der Waals surface area contributed by atoms with Gasteiger partial charge in [-0.1, -0.05) is 20.3 Å². The second-order valence-corrected chi connectivity index (χ2v) is 4.63. The molecule has 1 heterocycles. The number of aromatic carboxylic acids is 1. The summed E-state index contributed by atoms with van der Waals surface area (Å²) in [6.45, 7) is 6.38. The normalized spacial score (nSPS) is 14.4. The van der Waals surface area contributed by atoms with Crippen molar-refractivity contribution in [1.82, 2.24) is 9.78 Å². The van der Waals surface area contributed by atoms with Gasteiger partial charge in [-0.3, -0.25) is 4.68 Å². The van der Waals surface area contributed by atoms with E-state index in [0.717, 1.165) is 19.3 Å². The molecule has 2 N–H and O–H groups in total. The van der Waals surface area contributed by atoms with Gasteiger partial charge < -0.3 is 10.4 Å². The molecule has 0 radical (unpaired) electrons. The Kier molecular flexibility index (Phi) is 4.15. The van der Waals surface area contributed by atoms with Gasteiger partial charge >= 0.3 is 5.97 Å². The maximum Gasteiger partial charge on any atom is 0.354 e. The largest absolute Gasteiger partial charge is 0.477 e. The molecule has 96 valence electrons. The number of hydrogen-bond donors (Lipinski definition) is 2. The van der Waals surface area contributed by atoms with Crippen LogP contribution in [0.4, 0.5) is 5.82 Å². The first-order valence-electron chi connectivity index (χ1n) is 5.97. The van der Waals surface area contributed by atoms with Crippen molar-refractivity contribution in [2.75, 3.05) is 5.32 Å². The van der Waals surface area contributed by atoms with Crippen molar-refractivity contribution in [3.8, 4) is 0 Å². The van der Waals surface area contributed by atoms with Gasteiger partial charge in [0.2, 0.25) is 0 Å². The fourth-order valence-corrected chi connectivity index (χ4v) is 1.92. The number of carboxylic acids is 1. The summed E-state index contributed by atoms with van der Waals surface area (Å²) in [5.74, 6) is -0.329. The topological polar surface area (TPSA) is 67.2 Å². The summed E-state index contributed by atoms with van der Waals surface area (Å²) in [7, 11) is 1.64. The Bertz CT molecular complexity index is 400. The molecule has 0 aliphatic rings. The van der Waals surface area contributed by atoms with E-state index >= 15 is 0 Å². The van der Waals surface area contributed by atoms with Gasteiger partial charge in [0, 0.05) is 18.7 Å². The number of aryl methyl sites for hydroxylation is 1. The number of nitrogens with zero attached hydrogens (tertiary/aromatic N) is 2. The molecule has 0 saturated heterocycles. The fraction of sp³-hybridized carbons (Fsp3) is 0.667. The lowest BCUT2D eigenvalue weighted by atomic mass is 9.93. The van der Waals surface area contributed by atoms with Crippen LogP contribution in [0.5, 0.6) is 0 Å². The summed E-state index contributed by atoms with van der Waals surface area (Å²) in [6, 6.07) is 1.58. The predicted molar refractivity (Wildman–Crippen MR) is 67.4 cm³/mol. The van der Waals surface area contributed by atoms with E-state index in [1.54, 1.807) is 13.1 Å². The van der Waals surface area contributed by atoms with E-state index in [0.29, 0.717) is 5.82 Å². The predicted octanol–water partition coefficient (Wildman–Crippen LogP) is 2.50. The van der Waals surface area contributed by atoms with Crippen LogP contribution < -0.4 is 5.32 Å². The van der Waals surface area contributed by atoms with Crippen LogP contribution in [-0.2, 0) is 7.05 Å². The monoisotopic (exact) mass is 239 g/mol. The second-order valence-electron chi connectivity index (χ2n) is 4.63. The highest BCUT2D eigenvalue weighted by molar-refractivity contribution is 5.86. The standard InChI is InChI=1S/C12H21N3O2/c1-5-7-12(3,6-2)13-10-8-9(11(16)17)15(4)14-10/h8H,5-7H2,1-4H3,(H,13,14)(H,16,17). The Balaban J connectivity index is 2.87. The molecule has 0 bridgehead atoms. The number of rotatable bonds is 6. The lowest BCUT2D eigenvalue weighted by molar-refractivity contribution is 0.0685. The minimum Gasteiger partial charge on any atom is -0.477 e. The molecule has 0 saturated carbocycles. The van der Waals surface area contributed by atoms with Crippen LogP contribution in [0.15, 0.2) is 6.07 Å². The molecule has 1 rings (SSSR count). The van der Waals surface area contributed by atoms with Crippen molar-refractivity contribution >= 4 is 11.8 Å². The molecule has 1 aromatic heterocycles. The molecule has 0 amide bonds. The van der Waals surface area contributed by atoms with Crippen LogP contribution in [-0.4, -0.2) is 26.4 Å². The maximum atomic E-state index is 10.9. The van der Waals surface area contributed by atoms with Crippen molar-refractivity contribution in [1.29, 1.82) is 0 Å². The zero-order chi connectivity index (χ0) is 13.1. The first-order valence-corrected chi connectivity index (χ1v) is 5.97. The lowest BCUT2D eigenvalue weighted by Gasteiger charge is -2.29. The van der Waals surface area contributed by atoms with Gasteiger partial charge in [0.25, 0.3) is 0 Å². The van der Waals surface area contributed by atoms with E-state index in [1.165, 1.54) is 4.68 Å². The third-order valence-corrected chi connectivity index (χ3v) is 3.11. The van der Waals surface area contributed by atoms with Gasteiger partial charge in [-0.15, -0.1) is 0 Å². The van der Waals surface area contributed by atoms with E-state index < -0.39 is 5.97 Å². The van der Waals surface area contributed by atoms with Crippen LogP contribution in [0.1, 0.15) is 50.5 Å². The van der Waals surface area contributed by atoms with Crippen molar-refractivity contribution in [3.63, 3.8) is 0 Å². The van der Waals surface area contributed by atoms with E-state index in [2.05, 4.69) is 31.2 Å². The van der Waals surface area contributed by atoms with Gasteiger partial charge in [0.1, 0.15) is 11.5 Å². The summed E-state index contributed by atoms with van der Waals surface area (Å²) in [5.41, 5.74) is 0.168. The first-order chi connectivity index (χ1) is 7.91. The number of carboxylic acid groups (broad SMARTS) is 1. The van der Waals surface area contributed by atoms with Crippen molar-refractivity contribution in [3.05, 3.63) is 11.8 Å². The van der Waals surface area contributed by atoms with E-state index in [4.69, 9.17) is 5.11 Å². The molecule has 1 unspecified atom stereocenters. The van der Waals surface area contributed by atoms with Crippen LogP contribution in [0.25, 0.3) is 0 Å². The Morgan fingerprint density at radius 3 is 2.65 bits per heavy atom.